The zero-order valence-corrected chi connectivity index (χ0v) is 15.7. The van der Waals surface area contributed by atoms with Crippen molar-refractivity contribution in [2.75, 3.05) is 19.0 Å². The van der Waals surface area contributed by atoms with Crippen LogP contribution in [0.3, 0.4) is 0 Å². The summed E-state index contributed by atoms with van der Waals surface area (Å²) in [5, 5.41) is 3.40. The van der Waals surface area contributed by atoms with Crippen molar-refractivity contribution in [2.24, 2.45) is 5.92 Å². The van der Waals surface area contributed by atoms with Crippen LogP contribution in [-0.2, 0) is 16.1 Å². The first kappa shape index (κ1) is 17.5. The third-order valence-corrected chi connectivity index (χ3v) is 5.56. The summed E-state index contributed by atoms with van der Waals surface area (Å²) in [6, 6.07) is 15.4. The highest BCUT2D eigenvalue weighted by Gasteiger charge is 2.34. The number of carbonyl (C=O) groups is 2. The molecule has 2 aromatic carbocycles. The summed E-state index contributed by atoms with van der Waals surface area (Å²) in [4.78, 5) is 31.1. The molecule has 7 heteroatoms. The number of benzene rings is 2. The van der Waals surface area contributed by atoms with E-state index in [1.807, 2.05) is 48.5 Å². The fourth-order valence-electron chi connectivity index (χ4n) is 3.20. The fraction of sp³-hybridized carbons (Fsp3) is 0.250. The molecule has 0 radical (unpaired) electrons. The molecule has 0 bridgehead atoms. The number of fused-ring (bicyclic) bond motifs is 1. The average Bonchev–Trinajstić information content (AvgIpc) is 3.25. The Kier molecular flexibility index (Phi) is 4.77. The Morgan fingerprint density at radius 2 is 2.11 bits per heavy atom. The van der Waals surface area contributed by atoms with Crippen LogP contribution in [0.1, 0.15) is 12.0 Å². The van der Waals surface area contributed by atoms with Crippen LogP contribution in [0.25, 0.3) is 10.2 Å². The van der Waals surface area contributed by atoms with Crippen LogP contribution in [0.2, 0.25) is 0 Å². The van der Waals surface area contributed by atoms with E-state index in [1.165, 1.54) is 11.3 Å². The molecule has 4 rings (SSSR count). The molecule has 1 atom stereocenters. The van der Waals surface area contributed by atoms with Crippen LogP contribution in [0.15, 0.2) is 48.5 Å². The van der Waals surface area contributed by atoms with E-state index in [4.69, 9.17) is 4.74 Å². The second kappa shape index (κ2) is 7.36. The minimum atomic E-state index is -0.359. The van der Waals surface area contributed by atoms with Crippen LogP contribution in [-0.4, -0.2) is 35.4 Å². The number of amides is 2. The number of rotatable bonds is 5. The highest BCUT2D eigenvalue weighted by atomic mass is 32.1. The van der Waals surface area contributed by atoms with Gasteiger partial charge in [-0.25, -0.2) is 4.98 Å². The molecule has 0 unspecified atom stereocenters. The van der Waals surface area contributed by atoms with E-state index >= 15 is 0 Å². The lowest BCUT2D eigenvalue weighted by molar-refractivity contribution is -0.128. The Labute approximate surface area is 160 Å². The molecule has 1 fully saturated rings. The van der Waals surface area contributed by atoms with E-state index in [0.29, 0.717) is 18.2 Å². The normalized spacial score (nSPS) is 16.7. The number of methoxy groups -OCH3 is 1. The van der Waals surface area contributed by atoms with E-state index in [0.717, 1.165) is 21.5 Å². The monoisotopic (exact) mass is 381 g/mol. The van der Waals surface area contributed by atoms with Crippen LogP contribution < -0.4 is 10.1 Å². The topological polar surface area (TPSA) is 71.5 Å². The van der Waals surface area contributed by atoms with Gasteiger partial charge in [0.15, 0.2) is 5.13 Å². The van der Waals surface area contributed by atoms with E-state index < -0.39 is 0 Å². The maximum absolute atomic E-state index is 12.6. The second-order valence-electron chi connectivity index (χ2n) is 6.50. The zero-order valence-electron chi connectivity index (χ0n) is 14.8. The molecule has 3 aromatic rings. The van der Waals surface area contributed by atoms with Gasteiger partial charge in [0, 0.05) is 19.5 Å². The van der Waals surface area contributed by atoms with E-state index in [2.05, 4.69) is 10.3 Å². The van der Waals surface area contributed by atoms with Crippen molar-refractivity contribution in [1.29, 1.82) is 0 Å². The Morgan fingerprint density at radius 1 is 1.30 bits per heavy atom. The van der Waals surface area contributed by atoms with E-state index in [1.54, 1.807) is 12.0 Å². The van der Waals surface area contributed by atoms with Crippen LogP contribution in [0, 0.1) is 5.92 Å². The molecule has 0 spiro atoms. The lowest BCUT2D eigenvalue weighted by Crippen LogP contribution is -2.28. The van der Waals surface area contributed by atoms with Gasteiger partial charge in [0.1, 0.15) is 5.75 Å². The van der Waals surface area contributed by atoms with Gasteiger partial charge < -0.3 is 15.0 Å². The van der Waals surface area contributed by atoms with Crippen molar-refractivity contribution in [1.82, 2.24) is 9.88 Å². The molecule has 1 saturated heterocycles. The van der Waals surface area contributed by atoms with Gasteiger partial charge in [0.25, 0.3) is 0 Å². The lowest BCUT2D eigenvalue weighted by atomic mass is 10.1. The quantitative estimate of drug-likeness (QED) is 0.736. The molecular weight excluding hydrogens is 362 g/mol. The third-order valence-electron chi connectivity index (χ3n) is 4.63. The molecule has 6 nitrogen and oxygen atoms in total. The van der Waals surface area contributed by atoms with E-state index in [-0.39, 0.29) is 24.2 Å². The van der Waals surface area contributed by atoms with Gasteiger partial charge in [-0.3, -0.25) is 9.59 Å². The van der Waals surface area contributed by atoms with Crippen LogP contribution in [0.5, 0.6) is 5.75 Å². The number of likely N-dealkylation sites (tertiary alicyclic amines) is 1. The van der Waals surface area contributed by atoms with Gasteiger partial charge in [-0.1, -0.05) is 41.7 Å². The molecule has 1 aliphatic heterocycles. The number of ether oxygens (including phenoxy) is 1. The van der Waals surface area contributed by atoms with Crippen molar-refractivity contribution in [3.8, 4) is 5.75 Å². The first-order chi connectivity index (χ1) is 13.1. The van der Waals surface area contributed by atoms with Crippen LogP contribution >= 0.6 is 11.3 Å². The average molecular weight is 381 g/mol. The predicted molar refractivity (Wildman–Crippen MR) is 105 cm³/mol. The Morgan fingerprint density at radius 3 is 2.89 bits per heavy atom. The molecule has 2 heterocycles. The number of nitrogens with zero attached hydrogens (tertiary/aromatic N) is 2. The second-order valence-corrected chi connectivity index (χ2v) is 7.53. The van der Waals surface area contributed by atoms with Crippen molar-refractivity contribution < 1.29 is 14.3 Å². The standard InChI is InChI=1S/C20H19N3O3S/c1-26-15-7-8-16-17(10-15)27-20(21-16)22-19(25)14-9-18(24)23(12-14)11-13-5-3-2-4-6-13/h2-8,10,14H,9,11-12H2,1H3,(H,21,22,25)/t14-/m1/s1. The highest BCUT2D eigenvalue weighted by Crippen LogP contribution is 2.30. The number of carbonyl (C=O) groups excluding carboxylic acids is 2. The molecule has 0 aliphatic carbocycles. The minimum Gasteiger partial charge on any atom is -0.497 e. The zero-order chi connectivity index (χ0) is 18.8. The summed E-state index contributed by atoms with van der Waals surface area (Å²) < 4.78 is 6.16. The Balaban J connectivity index is 1.42. The smallest absolute Gasteiger partial charge is 0.231 e. The third kappa shape index (κ3) is 3.78. The summed E-state index contributed by atoms with van der Waals surface area (Å²) in [5.74, 6) is 0.239. The number of thiazole rings is 1. The SMILES string of the molecule is COc1ccc2nc(NC(=O)[C@@H]3CC(=O)N(Cc4ccccc4)C3)sc2c1. The van der Waals surface area contributed by atoms with Gasteiger partial charge in [0.05, 0.1) is 23.2 Å². The van der Waals surface area contributed by atoms with Gasteiger partial charge in [0.2, 0.25) is 11.8 Å². The molecule has 1 aromatic heterocycles. The molecule has 0 saturated carbocycles. The summed E-state index contributed by atoms with van der Waals surface area (Å²) in [7, 11) is 1.61. The Bertz CT molecular complexity index is 987. The van der Waals surface area contributed by atoms with Crippen molar-refractivity contribution in [3.05, 3.63) is 54.1 Å². The van der Waals surface area contributed by atoms with Crippen molar-refractivity contribution in [3.63, 3.8) is 0 Å². The minimum absolute atomic E-state index is 0.00744. The number of aromatic nitrogens is 1. The predicted octanol–water partition coefficient (Wildman–Crippen LogP) is 3.29. The van der Waals surface area contributed by atoms with E-state index in [9.17, 15) is 9.59 Å². The van der Waals surface area contributed by atoms with Crippen molar-refractivity contribution >= 4 is 38.5 Å². The molecule has 138 valence electrons. The first-order valence-corrected chi connectivity index (χ1v) is 9.51. The molecule has 1 aliphatic rings. The molecule has 27 heavy (non-hydrogen) atoms. The summed E-state index contributed by atoms with van der Waals surface area (Å²) in [6.07, 6.45) is 0.234. The Hall–Kier alpha value is -2.93. The highest BCUT2D eigenvalue weighted by molar-refractivity contribution is 7.22. The van der Waals surface area contributed by atoms with Gasteiger partial charge in [-0.2, -0.15) is 0 Å². The van der Waals surface area contributed by atoms with Gasteiger partial charge in [-0.05, 0) is 23.8 Å². The summed E-state index contributed by atoms with van der Waals surface area (Å²) >= 11 is 1.40. The number of hydrogen-bond acceptors (Lipinski definition) is 5. The molecule has 1 N–H and O–H groups in total. The molecule has 2 amide bonds. The largest absolute Gasteiger partial charge is 0.497 e. The van der Waals surface area contributed by atoms with Gasteiger partial charge >= 0.3 is 0 Å². The fourth-order valence-corrected chi connectivity index (χ4v) is 4.09. The number of anilines is 1. The summed E-state index contributed by atoms with van der Waals surface area (Å²) in [6.45, 7) is 0.961. The number of nitrogens with one attached hydrogen (secondary N) is 1. The number of hydrogen-bond donors (Lipinski definition) is 1. The molecular formula is C20H19N3O3S. The van der Waals surface area contributed by atoms with Gasteiger partial charge in [-0.15, -0.1) is 0 Å². The van der Waals surface area contributed by atoms with Crippen LogP contribution in [0.4, 0.5) is 5.13 Å². The maximum atomic E-state index is 12.6. The van der Waals surface area contributed by atoms with Crippen molar-refractivity contribution in [2.45, 2.75) is 13.0 Å². The lowest BCUT2D eigenvalue weighted by Gasteiger charge is -2.16. The first-order valence-electron chi connectivity index (χ1n) is 8.69. The summed E-state index contributed by atoms with van der Waals surface area (Å²) in [5.41, 5.74) is 1.87. The maximum Gasteiger partial charge on any atom is 0.231 e.